The average molecular weight is 231 g/mol. The van der Waals surface area contributed by atoms with E-state index < -0.39 is 0 Å². The van der Waals surface area contributed by atoms with Crippen molar-refractivity contribution in [3.05, 3.63) is 0 Å². The van der Waals surface area contributed by atoms with E-state index in [9.17, 15) is 0 Å². The molecule has 0 spiro atoms. The lowest BCUT2D eigenvalue weighted by Gasteiger charge is -2.16. The number of hydrogen-bond acceptors (Lipinski definition) is 2. The molecule has 0 aromatic carbocycles. The van der Waals surface area contributed by atoms with Gasteiger partial charge >= 0.3 is 0 Å². The molecule has 15 heavy (non-hydrogen) atoms. The van der Waals surface area contributed by atoms with Crippen LogP contribution >= 0.6 is 11.8 Å². The van der Waals surface area contributed by atoms with E-state index in [1.807, 2.05) is 0 Å². The van der Waals surface area contributed by atoms with Gasteiger partial charge in [-0.1, -0.05) is 27.7 Å². The Balaban J connectivity index is 3.37. The quantitative estimate of drug-likeness (QED) is 0.569. The fourth-order valence-electron chi connectivity index (χ4n) is 1.53. The van der Waals surface area contributed by atoms with Crippen LogP contribution in [0.2, 0.25) is 0 Å². The van der Waals surface area contributed by atoms with Crippen molar-refractivity contribution in [3.8, 4) is 0 Å². The summed E-state index contributed by atoms with van der Waals surface area (Å²) in [4.78, 5) is 0. The molecule has 2 unspecified atom stereocenters. The van der Waals surface area contributed by atoms with E-state index in [4.69, 9.17) is 0 Å². The van der Waals surface area contributed by atoms with Gasteiger partial charge in [-0.05, 0) is 44.4 Å². The molecule has 1 nitrogen and oxygen atoms in total. The Labute approximate surface area is 101 Å². The van der Waals surface area contributed by atoms with E-state index in [1.165, 1.54) is 44.4 Å². The van der Waals surface area contributed by atoms with Crippen LogP contribution in [0.25, 0.3) is 0 Å². The number of hydrogen-bond donors (Lipinski definition) is 1. The van der Waals surface area contributed by atoms with E-state index in [0.29, 0.717) is 0 Å². The van der Waals surface area contributed by atoms with Crippen molar-refractivity contribution in [1.29, 1.82) is 0 Å². The van der Waals surface area contributed by atoms with Crippen LogP contribution in [0.4, 0.5) is 0 Å². The van der Waals surface area contributed by atoms with Crippen molar-refractivity contribution in [2.45, 2.75) is 71.1 Å². The number of rotatable bonds is 10. The topological polar surface area (TPSA) is 12.0 Å². The van der Waals surface area contributed by atoms with Gasteiger partial charge in [0.1, 0.15) is 0 Å². The van der Waals surface area contributed by atoms with Crippen LogP contribution in [0.3, 0.4) is 0 Å². The molecular formula is C13H29NS. The van der Waals surface area contributed by atoms with E-state index in [1.54, 1.807) is 0 Å². The Morgan fingerprint density at radius 1 is 1.13 bits per heavy atom. The van der Waals surface area contributed by atoms with Crippen LogP contribution in [-0.2, 0) is 0 Å². The zero-order chi connectivity index (χ0) is 11.5. The van der Waals surface area contributed by atoms with Gasteiger partial charge in [0.2, 0.25) is 0 Å². The van der Waals surface area contributed by atoms with Gasteiger partial charge in [-0.2, -0.15) is 11.8 Å². The molecular weight excluding hydrogens is 202 g/mol. The SMILES string of the molecule is CCCNC(CC)CCCSC(C)CC. The Hall–Kier alpha value is 0.310. The molecule has 0 rings (SSSR count). The minimum absolute atomic E-state index is 0.752. The average Bonchev–Trinajstić information content (AvgIpc) is 2.27. The highest BCUT2D eigenvalue weighted by Crippen LogP contribution is 2.16. The first-order valence-electron chi connectivity index (χ1n) is 6.59. The lowest BCUT2D eigenvalue weighted by molar-refractivity contribution is 0.465. The van der Waals surface area contributed by atoms with Gasteiger partial charge in [0.25, 0.3) is 0 Å². The van der Waals surface area contributed by atoms with Crippen molar-refractivity contribution in [2.75, 3.05) is 12.3 Å². The van der Waals surface area contributed by atoms with E-state index >= 15 is 0 Å². The van der Waals surface area contributed by atoms with Crippen LogP contribution in [-0.4, -0.2) is 23.6 Å². The first kappa shape index (κ1) is 15.3. The standard InChI is InChI=1S/C13H29NS/c1-5-10-14-13(7-3)9-8-11-15-12(4)6-2/h12-14H,5-11H2,1-4H3. The van der Waals surface area contributed by atoms with Crippen molar-refractivity contribution < 1.29 is 0 Å². The summed E-state index contributed by atoms with van der Waals surface area (Å²) in [6, 6.07) is 0.752. The number of nitrogens with one attached hydrogen (secondary N) is 1. The molecule has 2 atom stereocenters. The molecule has 92 valence electrons. The predicted molar refractivity (Wildman–Crippen MR) is 73.8 cm³/mol. The summed E-state index contributed by atoms with van der Waals surface area (Å²) in [5.74, 6) is 1.33. The highest BCUT2D eigenvalue weighted by molar-refractivity contribution is 7.99. The minimum Gasteiger partial charge on any atom is -0.314 e. The summed E-state index contributed by atoms with van der Waals surface area (Å²) < 4.78 is 0. The largest absolute Gasteiger partial charge is 0.314 e. The molecule has 2 heteroatoms. The zero-order valence-corrected chi connectivity index (χ0v) is 11.8. The molecule has 0 aromatic rings. The maximum atomic E-state index is 3.61. The van der Waals surface area contributed by atoms with Crippen LogP contribution in [0.5, 0.6) is 0 Å². The van der Waals surface area contributed by atoms with Crippen molar-refractivity contribution >= 4 is 11.8 Å². The molecule has 0 fully saturated rings. The van der Waals surface area contributed by atoms with Gasteiger partial charge in [0.15, 0.2) is 0 Å². The normalized spacial score (nSPS) is 15.2. The van der Waals surface area contributed by atoms with Crippen molar-refractivity contribution in [2.24, 2.45) is 0 Å². The molecule has 1 N–H and O–H groups in total. The fraction of sp³-hybridized carbons (Fsp3) is 1.00. The van der Waals surface area contributed by atoms with E-state index in [2.05, 4.69) is 44.8 Å². The maximum Gasteiger partial charge on any atom is 0.00647 e. The molecule has 0 bridgehead atoms. The van der Waals surface area contributed by atoms with Gasteiger partial charge in [0.05, 0.1) is 0 Å². The molecule has 0 radical (unpaired) electrons. The highest BCUT2D eigenvalue weighted by atomic mass is 32.2. The third kappa shape index (κ3) is 9.25. The Bertz CT molecular complexity index is 128. The van der Waals surface area contributed by atoms with Crippen molar-refractivity contribution in [3.63, 3.8) is 0 Å². The monoisotopic (exact) mass is 231 g/mol. The Kier molecular flexibility index (Phi) is 11.0. The minimum atomic E-state index is 0.752. The van der Waals surface area contributed by atoms with Gasteiger partial charge in [-0.15, -0.1) is 0 Å². The first-order valence-corrected chi connectivity index (χ1v) is 7.64. The third-order valence-corrected chi connectivity index (χ3v) is 4.28. The predicted octanol–water partition coefficient (Wildman–Crippen LogP) is 4.08. The molecule has 0 aliphatic rings. The smallest absolute Gasteiger partial charge is 0.00647 e. The van der Waals surface area contributed by atoms with Crippen LogP contribution in [0.1, 0.15) is 59.8 Å². The molecule has 0 heterocycles. The number of thioether (sulfide) groups is 1. The summed E-state index contributed by atoms with van der Waals surface area (Å²) in [6.07, 6.45) is 6.53. The second-order valence-electron chi connectivity index (χ2n) is 4.29. The lowest BCUT2D eigenvalue weighted by Crippen LogP contribution is -2.29. The van der Waals surface area contributed by atoms with Gasteiger partial charge in [-0.25, -0.2) is 0 Å². The Morgan fingerprint density at radius 2 is 1.87 bits per heavy atom. The van der Waals surface area contributed by atoms with E-state index in [-0.39, 0.29) is 0 Å². The van der Waals surface area contributed by atoms with Gasteiger partial charge in [0, 0.05) is 11.3 Å². The van der Waals surface area contributed by atoms with Crippen LogP contribution in [0, 0.1) is 0 Å². The molecule has 0 amide bonds. The fourth-order valence-corrected chi connectivity index (χ4v) is 2.50. The third-order valence-electron chi connectivity index (χ3n) is 2.85. The van der Waals surface area contributed by atoms with Crippen LogP contribution < -0.4 is 5.32 Å². The van der Waals surface area contributed by atoms with Gasteiger partial charge in [-0.3, -0.25) is 0 Å². The summed E-state index contributed by atoms with van der Waals surface area (Å²) in [5.41, 5.74) is 0. The maximum absolute atomic E-state index is 3.61. The molecule has 0 aliphatic heterocycles. The molecule has 0 saturated heterocycles. The second kappa shape index (κ2) is 10.8. The first-order chi connectivity index (χ1) is 7.24. The van der Waals surface area contributed by atoms with Crippen LogP contribution in [0.15, 0.2) is 0 Å². The lowest BCUT2D eigenvalue weighted by atomic mass is 10.1. The summed E-state index contributed by atoms with van der Waals surface area (Å²) in [6.45, 7) is 10.3. The summed E-state index contributed by atoms with van der Waals surface area (Å²) in [5, 5.41) is 4.45. The van der Waals surface area contributed by atoms with E-state index in [0.717, 1.165) is 11.3 Å². The van der Waals surface area contributed by atoms with Crippen molar-refractivity contribution in [1.82, 2.24) is 5.32 Å². The summed E-state index contributed by atoms with van der Waals surface area (Å²) in [7, 11) is 0. The van der Waals surface area contributed by atoms with Gasteiger partial charge < -0.3 is 5.32 Å². The molecule has 0 aromatic heterocycles. The molecule has 0 saturated carbocycles. The molecule has 0 aliphatic carbocycles. The second-order valence-corrected chi connectivity index (χ2v) is 5.84. The highest BCUT2D eigenvalue weighted by Gasteiger charge is 2.05. The Morgan fingerprint density at radius 3 is 2.40 bits per heavy atom. The zero-order valence-electron chi connectivity index (χ0n) is 11.0. The summed E-state index contributed by atoms with van der Waals surface area (Å²) >= 11 is 2.12.